The smallest absolute Gasteiger partial charge is 0.318 e. The molecule has 2 rings (SSSR count). The summed E-state index contributed by atoms with van der Waals surface area (Å²) in [5.74, 6) is -0.664. The third-order valence-electron chi connectivity index (χ3n) is 3.14. The number of carbonyl (C=O) groups is 2. The van der Waals surface area contributed by atoms with E-state index in [4.69, 9.17) is 21.1 Å². The first-order valence-corrected chi connectivity index (χ1v) is 7.05. The van der Waals surface area contributed by atoms with Crippen LogP contribution < -0.4 is 5.32 Å². The van der Waals surface area contributed by atoms with Crippen molar-refractivity contribution in [1.29, 1.82) is 0 Å². The summed E-state index contributed by atoms with van der Waals surface area (Å²) in [5.41, 5.74) is -0.321. The molecule has 1 aromatic rings. The molecule has 1 fully saturated rings. The molecular weight excluding hydrogens is 350 g/mol. The van der Waals surface area contributed by atoms with E-state index >= 15 is 0 Å². The Morgan fingerprint density at radius 3 is 2.70 bits per heavy atom. The van der Waals surface area contributed by atoms with Gasteiger partial charge in [0.05, 0.1) is 25.9 Å². The number of hydrogen-bond acceptors (Lipinski definition) is 4. The van der Waals surface area contributed by atoms with Crippen molar-refractivity contribution in [2.75, 3.05) is 26.9 Å². The van der Waals surface area contributed by atoms with Gasteiger partial charge >= 0.3 is 5.97 Å². The normalized spacial score (nSPS) is 16.1. The van der Waals surface area contributed by atoms with Crippen molar-refractivity contribution in [2.24, 2.45) is 5.41 Å². The molecule has 1 saturated heterocycles. The highest BCUT2D eigenvalue weighted by atomic mass is 79.9. The molecule has 1 heterocycles. The Morgan fingerprint density at radius 1 is 1.50 bits per heavy atom. The first-order valence-electron chi connectivity index (χ1n) is 5.88. The maximum absolute atomic E-state index is 12.1. The van der Waals surface area contributed by atoms with E-state index in [0.717, 1.165) is 0 Å². The molecule has 20 heavy (non-hydrogen) atoms. The molecule has 1 aromatic carbocycles. The zero-order chi connectivity index (χ0) is 14.8. The lowest BCUT2D eigenvalue weighted by molar-refractivity contribution is -0.181. The monoisotopic (exact) mass is 361 g/mol. The lowest BCUT2D eigenvalue weighted by Gasteiger charge is -2.38. The minimum absolute atomic E-state index is 0.174. The third kappa shape index (κ3) is 2.97. The largest absolute Gasteiger partial charge is 0.468 e. The molecule has 0 bridgehead atoms. The minimum Gasteiger partial charge on any atom is -0.468 e. The van der Waals surface area contributed by atoms with Crippen LogP contribution in [0.4, 0.5) is 0 Å². The van der Waals surface area contributed by atoms with Gasteiger partial charge in [-0.15, -0.1) is 0 Å². The van der Waals surface area contributed by atoms with E-state index in [1.807, 2.05) is 0 Å². The average Bonchev–Trinajstić information content (AvgIpc) is 2.36. The summed E-state index contributed by atoms with van der Waals surface area (Å²) in [5, 5.41) is 3.26. The molecule has 0 aromatic heterocycles. The molecule has 1 aliphatic rings. The van der Waals surface area contributed by atoms with Crippen LogP contribution in [0.5, 0.6) is 0 Å². The summed E-state index contributed by atoms with van der Waals surface area (Å²) >= 11 is 9.10. The SMILES string of the molecule is COC(=O)C1(CNC(=O)c2ccc(Cl)cc2Br)COC1. The number of ether oxygens (including phenoxy) is 2. The van der Waals surface area contributed by atoms with Crippen molar-refractivity contribution < 1.29 is 19.1 Å². The Labute approximate surface area is 129 Å². The van der Waals surface area contributed by atoms with Crippen LogP contribution in [-0.4, -0.2) is 38.7 Å². The van der Waals surface area contributed by atoms with Crippen LogP contribution in [0.25, 0.3) is 0 Å². The number of esters is 1. The Kier molecular flexibility index (Phi) is 4.67. The van der Waals surface area contributed by atoms with Crippen LogP contribution in [0.3, 0.4) is 0 Å². The fraction of sp³-hybridized carbons (Fsp3) is 0.385. The van der Waals surface area contributed by atoms with E-state index in [-0.39, 0.29) is 31.6 Å². The van der Waals surface area contributed by atoms with Crippen molar-refractivity contribution in [2.45, 2.75) is 0 Å². The van der Waals surface area contributed by atoms with Gasteiger partial charge in [0.1, 0.15) is 5.41 Å². The maximum atomic E-state index is 12.1. The summed E-state index contributed by atoms with van der Waals surface area (Å²) in [4.78, 5) is 23.8. The number of amides is 1. The highest BCUT2D eigenvalue weighted by molar-refractivity contribution is 9.10. The van der Waals surface area contributed by atoms with Crippen LogP contribution >= 0.6 is 27.5 Å². The van der Waals surface area contributed by atoms with Crippen LogP contribution in [0.1, 0.15) is 10.4 Å². The quantitative estimate of drug-likeness (QED) is 0.832. The fourth-order valence-electron chi connectivity index (χ4n) is 1.88. The van der Waals surface area contributed by atoms with E-state index in [1.54, 1.807) is 18.2 Å². The van der Waals surface area contributed by atoms with Crippen LogP contribution in [0.2, 0.25) is 5.02 Å². The highest BCUT2D eigenvalue weighted by Gasteiger charge is 2.47. The number of nitrogens with one attached hydrogen (secondary N) is 1. The second-order valence-corrected chi connectivity index (χ2v) is 5.86. The summed E-state index contributed by atoms with van der Waals surface area (Å²) < 4.78 is 10.4. The van der Waals surface area contributed by atoms with E-state index in [2.05, 4.69) is 21.2 Å². The first-order chi connectivity index (χ1) is 9.48. The Morgan fingerprint density at radius 2 is 2.20 bits per heavy atom. The van der Waals surface area contributed by atoms with Crippen molar-refractivity contribution in [3.63, 3.8) is 0 Å². The summed E-state index contributed by atoms with van der Waals surface area (Å²) in [6.07, 6.45) is 0. The standard InChI is InChI=1S/C13H13BrClNO4/c1-19-12(18)13(6-20-7-13)5-16-11(17)9-3-2-8(15)4-10(9)14/h2-4H,5-7H2,1H3,(H,16,17). The second kappa shape index (κ2) is 6.11. The molecule has 1 amide bonds. The number of rotatable bonds is 4. The van der Waals surface area contributed by atoms with Gasteiger partial charge in [-0.3, -0.25) is 9.59 Å². The van der Waals surface area contributed by atoms with Crippen molar-refractivity contribution >= 4 is 39.4 Å². The zero-order valence-electron chi connectivity index (χ0n) is 10.7. The van der Waals surface area contributed by atoms with Crippen LogP contribution in [-0.2, 0) is 14.3 Å². The minimum atomic E-state index is -0.774. The molecule has 0 atom stereocenters. The van der Waals surface area contributed by atoms with Gasteiger partial charge in [0.15, 0.2) is 0 Å². The molecule has 0 radical (unpaired) electrons. The molecule has 0 unspecified atom stereocenters. The lowest BCUT2D eigenvalue weighted by atomic mass is 9.86. The van der Waals surface area contributed by atoms with E-state index in [9.17, 15) is 9.59 Å². The molecule has 1 N–H and O–H groups in total. The van der Waals surface area contributed by atoms with Gasteiger partial charge in [-0.1, -0.05) is 11.6 Å². The topological polar surface area (TPSA) is 64.6 Å². The van der Waals surface area contributed by atoms with Gasteiger partial charge in [0.2, 0.25) is 0 Å². The third-order valence-corrected chi connectivity index (χ3v) is 4.03. The van der Waals surface area contributed by atoms with Gasteiger partial charge < -0.3 is 14.8 Å². The second-order valence-electron chi connectivity index (χ2n) is 4.57. The fourth-order valence-corrected chi connectivity index (χ4v) is 2.74. The first kappa shape index (κ1) is 15.3. The molecule has 1 aliphatic heterocycles. The Hall–Kier alpha value is -1.11. The summed E-state index contributed by atoms with van der Waals surface area (Å²) in [7, 11) is 1.32. The molecule has 5 nitrogen and oxygen atoms in total. The zero-order valence-corrected chi connectivity index (χ0v) is 13.1. The number of halogens is 2. The van der Waals surface area contributed by atoms with E-state index in [0.29, 0.717) is 15.1 Å². The number of benzene rings is 1. The van der Waals surface area contributed by atoms with Gasteiger partial charge in [0.25, 0.3) is 5.91 Å². The van der Waals surface area contributed by atoms with Crippen molar-refractivity contribution in [3.05, 3.63) is 33.3 Å². The Balaban J connectivity index is 2.03. The van der Waals surface area contributed by atoms with Gasteiger partial charge in [0, 0.05) is 16.0 Å². The maximum Gasteiger partial charge on any atom is 0.318 e. The number of hydrogen-bond donors (Lipinski definition) is 1. The highest BCUT2D eigenvalue weighted by Crippen LogP contribution is 2.28. The van der Waals surface area contributed by atoms with Crippen molar-refractivity contribution in [3.8, 4) is 0 Å². The van der Waals surface area contributed by atoms with Crippen molar-refractivity contribution in [1.82, 2.24) is 5.32 Å². The Bertz CT molecular complexity index is 545. The van der Waals surface area contributed by atoms with Gasteiger partial charge in [-0.25, -0.2) is 0 Å². The molecule has 0 saturated carbocycles. The predicted octanol–water partition coefficient (Wildman–Crippen LogP) is 2.02. The van der Waals surface area contributed by atoms with E-state index in [1.165, 1.54) is 7.11 Å². The molecule has 7 heteroatoms. The number of carbonyl (C=O) groups excluding carboxylic acids is 2. The molecular formula is C13H13BrClNO4. The van der Waals surface area contributed by atoms with E-state index < -0.39 is 5.41 Å². The predicted molar refractivity (Wildman–Crippen MR) is 76.8 cm³/mol. The van der Waals surface area contributed by atoms with Gasteiger partial charge in [-0.2, -0.15) is 0 Å². The number of methoxy groups -OCH3 is 1. The summed E-state index contributed by atoms with van der Waals surface area (Å²) in [6, 6.07) is 4.88. The molecule has 108 valence electrons. The van der Waals surface area contributed by atoms with Crippen LogP contribution in [0, 0.1) is 5.41 Å². The van der Waals surface area contributed by atoms with Gasteiger partial charge in [-0.05, 0) is 34.1 Å². The molecule has 0 aliphatic carbocycles. The summed E-state index contributed by atoms with van der Waals surface area (Å²) in [6.45, 7) is 0.678. The average molecular weight is 363 g/mol. The van der Waals surface area contributed by atoms with Crippen LogP contribution in [0.15, 0.2) is 22.7 Å². The lowest BCUT2D eigenvalue weighted by Crippen LogP contribution is -2.56. The molecule has 0 spiro atoms.